The summed E-state index contributed by atoms with van der Waals surface area (Å²) in [6.07, 6.45) is 1.42. The number of hydrogen-bond acceptors (Lipinski definition) is 5. The van der Waals surface area contributed by atoms with Crippen LogP contribution in [-0.4, -0.2) is 34.9 Å². The van der Waals surface area contributed by atoms with Crippen LogP contribution in [0, 0.1) is 5.92 Å². The van der Waals surface area contributed by atoms with Gasteiger partial charge in [0.2, 0.25) is 0 Å². The first kappa shape index (κ1) is 22.6. The van der Waals surface area contributed by atoms with Gasteiger partial charge in [0.15, 0.2) is 0 Å². The molecule has 2 atom stereocenters. The van der Waals surface area contributed by atoms with Crippen LogP contribution in [0.4, 0.5) is 20.3 Å². The molecule has 0 aliphatic carbocycles. The Morgan fingerprint density at radius 2 is 2.12 bits per heavy atom. The van der Waals surface area contributed by atoms with Gasteiger partial charge in [-0.3, -0.25) is 5.14 Å². The number of para-hydroxylation sites is 1. The number of piperidine rings is 1. The smallest absolute Gasteiger partial charge is 0.254 e. The molecule has 4 rings (SSSR count). The van der Waals surface area contributed by atoms with Crippen LogP contribution in [0.15, 0.2) is 54.2 Å². The molecule has 0 amide bonds. The molecule has 168 valence electrons. The van der Waals surface area contributed by atoms with Gasteiger partial charge in [-0.1, -0.05) is 53.8 Å². The van der Waals surface area contributed by atoms with Crippen LogP contribution in [0.5, 0.6) is 0 Å². The molecule has 1 aromatic carbocycles. The van der Waals surface area contributed by atoms with Gasteiger partial charge in [-0.25, -0.2) is 18.7 Å². The van der Waals surface area contributed by atoms with E-state index in [1.165, 1.54) is 0 Å². The number of hydrogen-bond donors (Lipinski definition) is 2. The van der Waals surface area contributed by atoms with E-state index in [4.69, 9.17) is 21.7 Å². The fourth-order valence-electron chi connectivity index (χ4n) is 3.77. The lowest BCUT2D eigenvalue weighted by Crippen LogP contribution is -2.46. The Hall–Kier alpha value is -2.55. The minimum absolute atomic E-state index is 0.188. The molecule has 1 aliphatic rings. The molecular weight excluding hydrogens is 452 g/mol. The summed E-state index contributed by atoms with van der Waals surface area (Å²) in [6.45, 7) is 6.15. The zero-order chi connectivity index (χ0) is 23.0. The highest BCUT2D eigenvalue weighted by Crippen LogP contribution is 2.38. The summed E-state index contributed by atoms with van der Waals surface area (Å²) in [4.78, 5) is 10.9. The van der Waals surface area contributed by atoms with Crippen molar-refractivity contribution in [2.75, 3.05) is 23.3 Å². The summed E-state index contributed by atoms with van der Waals surface area (Å²) in [6, 6.07) is 11.1. The van der Waals surface area contributed by atoms with Gasteiger partial charge in [0.05, 0.1) is 10.5 Å². The molecule has 1 aliphatic heterocycles. The number of rotatable bonds is 5. The number of pyridine rings is 2. The highest BCUT2D eigenvalue weighted by molar-refractivity contribution is 8.12. The largest absolute Gasteiger partial charge is 0.355 e. The first-order chi connectivity index (χ1) is 15.2. The Balaban J connectivity index is 1.75. The normalized spacial score (nSPS) is 19.0. The van der Waals surface area contributed by atoms with E-state index in [-0.39, 0.29) is 19.5 Å². The lowest BCUT2D eigenvalue weighted by molar-refractivity contribution is -0.0652. The number of nitrogens with two attached hydrogens (primary N) is 1. The van der Waals surface area contributed by atoms with Crippen molar-refractivity contribution in [1.82, 2.24) is 9.97 Å². The van der Waals surface area contributed by atoms with Gasteiger partial charge in [-0.15, -0.1) is 0 Å². The average molecular weight is 476 g/mol. The Morgan fingerprint density at radius 1 is 1.34 bits per heavy atom. The minimum Gasteiger partial charge on any atom is -0.355 e. The van der Waals surface area contributed by atoms with Gasteiger partial charge in [-0.2, -0.15) is 0 Å². The molecule has 0 saturated carbocycles. The van der Waals surface area contributed by atoms with Crippen LogP contribution >= 0.6 is 22.3 Å². The molecule has 1 fully saturated rings. The molecule has 0 radical (unpaired) electrons. The van der Waals surface area contributed by atoms with Crippen molar-refractivity contribution in [3.8, 4) is 0 Å². The second kappa shape index (κ2) is 8.77. The van der Waals surface area contributed by atoms with Crippen LogP contribution in [0.25, 0.3) is 16.6 Å². The summed E-state index contributed by atoms with van der Waals surface area (Å²) >= 11 is 6.39. The topological polar surface area (TPSA) is 67.1 Å². The van der Waals surface area contributed by atoms with Gasteiger partial charge >= 0.3 is 0 Å². The van der Waals surface area contributed by atoms with E-state index in [0.717, 1.165) is 16.6 Å². The molecule has 3 N–H and O–H groups in total. The third-order valence-electron chi connectivity index (χ3n) is 5.63. The number of fused-ring (bicyclic) bond motifs is 1. The average Bonchev–Trinajstić information content (AvgIpc) is 2.75. The maximum atomic E-state index is 14.1. The number of alkyl halides is 2. The quantitative estimate of drug-likeness (QED) is 0.458. The molecular formula is C23H24ClF2N5S. The predicted molar refractivity (Wildman–Crippen MR) is 132 cm³/mol. The monoisotopic (exact) mass is 475 g/mol. The van der Waals surface area contributed by atoms with E-state index in [9.17, 15) is 8.78 Å². The first-order valence-corrected chi connectivity index (χ1v) is 11.9. The van der Waals surface area contributed by atoms with E-state index in [1.54, 1.807) is 25.3 Å². The summed E-state index contributed by atoms with van der Waals surface area (Å²) in [5, 5.41) is 11.2. The second-order valence-corrected chi connectivity index (χ2v) is 9.63. The van der Waals surface area contributed by atoms with Gasteiger partial charge in [0.1, 0.15) is 10.8 Å². The predicted octanol–water partition coefficient (Wildman–Crippen LogP) is 5.78. The summed E-state index contributed by atoms with van der Waals surface area (Å²) in [7, 11) is -0.727. The number of benzene rings is 1. The summed E-state index contributed by atoms with van der Waals surface area (Å²) in [5.41, 5.74) is 2.68. The maximum absolute atomic E-state index is 14.1. The maximum Gasteiger partial charge on any atom is 0.254 e. The summed E-state index contributed by atoms with van der Waals surface area (Å²) in [5.74, 6) is 0.917. The van der Waals surface area contributed by atoms with Crippen molar-refractivity contribution >= 4 is 56.2 Å². The third-order valence-corrected chi connectivity index (χ3v) is 6.70. The lowest BCUT2D eigenvalue weighted by Gasteiger charge is -2.38. The molecule has 5 nitrogen and oxygen atoms in total. The highest BCUT2D eigenvalue weighted by atomic mass is 35.5. The number of nitrogens with one attached hydrogen (secondary N) is 1. The molecule has 1 saturated heterocycles. The Bertz CT molecular complexity index is 1220. The van der Waals surface area contributed by atoms with E-state index in [0.29, 0.717) is 27.1 Å². The lowest BCUT2D eigenvalue weighted by atomic mass is 9.95. The van der Waals surface area contributed by atoms with Crippen LogP contribution < -0.4 is 15.4 Å². The standard InChI is InChI=1S/C23H24ClF2N5S/c1-14-13-31(10-8-23(14,25)26)22-18(11-16-5-4-6-19(24)21(16)30-22)15(2)29-17-7-9-28-20(12-17)32(3)27/h4-7,9,11-12,14H,2-3,8,10,13,27H2,1H3,(H,28,29). The van der Waals surface area contributed by atoms with Crippen molar-refractivity contribution in [1.29, 1.82) is 0 Å². The number of aromatic nitrogens is 2. The number of halogens is 3. The van der Waals surface area contributed by atoms with Gasteiger partial charge in [-0.05, 0) is 24.3 Å². The zero-order valence-electron chi connectivity index (χ0n) is 17.6. The van der Waals surface area contributed by atoms with Crippen LogP contribution in [0.3, 0.4) is 0 Å². The van der Waals surface area contributed by atoms with Crippen molar-refractivity contribution in [2.24, 2.45) is 11.1 Å². The molecule has 9 heteroatoms. The highest BCUT2D eigenvalue weighted by Gasteiger charge is 2.42. The SMILES string of the molecule is C=C(Nc1ccnc(S(=C)N)c1)c1cc2cccc(Cl)c2nc1N1CCC(F)(F)C(C)C1. The van der Waals surface area contributed by atoms with E-state index >= 15 is 0 Å². The molecule has 2 aromatic heterocycles. The fourth-order valence-corrected chi connectivity index (χ4v) is 4.46. The van der Waals surface area contributed by atoms with Crippen molar-refractivity contribution in [2.45, 2.75) is 24.3 Å². The summed E-state index contributed by atoms with van der Waals surface area (Å²) < 4.78 is 28.3. The zero-order valence-corrected chi connectivity index (χ0v) is 19.2. The molecule has 0 spiro atoms. The molecule has 32 heavy (non-hydrogen) atoms. The minimum atomic E-state index is -2.69. The first-order valence-electron chi connectivity index (χ1n) is 10.1. The Labute approximate surface area is 193 Å². The van der Waals surface area contributed by atoms with Gasteiger partial charge in [0, 0.05) is 54.0 Å². The van der Waals surface area contributed by atoms with Gasteiger partial charge in [0.25, 0.3) is 5.92 Å². The van der Waals surface area contributed by atoms with Crippen LogP contribution in [-0.2, 0) is 0 Å². The van der Waals surface area contributed by atoms with Crippen molar-refractivity contribution in [3.63, 3.8) is 0 Å². The Morgan fingerprint density at radius 3 is 2.84 bits per heavy atom. The van der Waals surface area contributed by atoms with Crippen LogP contribution in [0.2, 0.25) is 5.02 Å². The van der Waals surface area contributed by atoms with E-state index in [1.807, 2.05) is 29.2 Å². The van der Waals surface area contributed by atoms with Crippen LogP contribution in [0.1, 0.15) is 18.9 Å². The van der Waals surface area contributed by atoms with E-state index < -0.39 is 22.5 Å². The number of anilines is 2. The molecule has 2 unspecified atom stereocenters. The molecule has 0 bridgehead atoms. The number of nitrogens with zero attached hydrogens (tertiary/aromatic N) is 3. The van der Waals surface area contributed by atoms with Gasteiger partial charge < -0.3 is 10.2 Å². The van der Waals surface area contributed by atoms with Crippen molar-refractivity contribution in [3.05, 3.63) is 59.8 Å². The fraction of sp³-hybridized carbons (Fsp3) is 0.261. The second-order valence-electron chi connectivity index (χ2n) is 7.94. The Kier molecular flexibility index (Phi) is 6.20. The molecule has 3 heterocycles. The third kappa shape index (κ3) is 4.48. The molecule has 3 aromatic rings. The van der Waals surface area contributed by atoms with E-state index in [2.05, 4.69) is 22.8 Å². The van der Waals surface area contributed by atoms with Crippen molar-refractivity contribution < 1.29 is 8.78 Å².